The zero-order valence-electron chi connectivity index (χ0n) is 14.7. The van der Waals surface area contributed by atoms with E-state index in [9.17, 15) is 9.90 Å². The van der Waals surface area contributed by atoms with E-state index in [0.29, 0.717) is 13.1 Å². The third kappa shape index (κ3) is 4.61. The van der Waals surface area contributed by atoms with Gasteiger partial charge < -0.3 is 20.2 Å². The average Bonchev–Trinajstić information content (AvgIpc) is 2.90. The van der Waals surface area contributed by atoms with Gasteiger partial charge in [-0.25, -0.2) is 4.79 Å². The molecule has 5 nitrogen and oxygen atoms in total. The Hall–Kier alpha value is -1.75. The Morgan fingerprint density at radius 2 is 2.04 bits per heavy atom. The summed E-state index contributed by atoms with van der Waals surface area (Å²) in [5, 5.41) is 12.9. The maximum atomic E-state index is 12.3. The minimum Gasteiger partial charge on any atom is -0.393 e. The number of rotatable bonds is 5. The fourth-order valence-electron chi connectivity index (χ4n) is 3.21. The summed E-state index contributed by atoms with van der Waals surface area (Å²) < 4.78 is 0. The molecule has 1 aliphatic rings. The Bertz CT molecular complexity index is 545. The molecule has 0 heterocycles. The van der Waals surface area contributed by atoms with Crippen molar-refractivity contribution in [3.05, 3.63) is 29.3 Å². The van der Waals surface area contributed by atoms with E-state index in [1.807, 2.05) is 14.1 Å². The predicted molar refractivity (Wildman–Crippen MR) is 93.7 cm³/mol. The number of nitrogens with zero attached hydrogens (tertiary/aromatic N) is 2. The number of aliphatic hydroxyl groups excluding tert-OH is 1. The molecule has 2 atom stereocenters. The van der Waals surface area contributed by atoms with Crippen molar-refractivity contribution in [2.24, 2.45) is 5.92 Å². The highest BCUT2D eigenvalue weighted by atomic mass is 16.3. The van der Waals surface area contributed by atoms with Gasteiger partial charge in [-0.2, -0.15) is 0 Å². The molecule has 0 bridgehead atoms. The highest BCUT2D eigenvalue weighted by molar-refractivity contribution is 5.74. The fraction of sp³-hybridized carbons (Fsp3) is 0.611. The largest absolute Gasteiger partial charge is 0.393 e. The highest BCUT2D eigenvalue weighted by Gasteiger charge is 2.27. The Kier molecular flexibility index (Phi) is 5.88. The van der Waals surface area contributed by atoms with Crippen LogP contribution in [0.2, 0.25) is 0 Å². The van der Waals surface area contributed by atoms with E-state index in [-0.39, 0.29) is 18.1 Å². The second-order valence-corrected chi connectivity index (χ2v) is 6.82. The van der Waals surface area contributed by atoms with Gasteiger partial charge in [0.1, 0.15) is 0 Å². The summed E-state index contributed by atoms with van der Waals surface area (Å²) in [6.45, 7) is 3.18. The molecule has 0 saturated heterocycles. The van der Waals surface area contributed by atoms with Crippen molar-refractivity contribution in [1.82, 2.24) is 10.2 Å². The summed E-state index contributed by atoms with van der Waals surface area (Å²) >= 11 is 0. The SMILES string of the molecule is Cc1ccc(CNC(=O)N(C)CC2CCCC2O)c(N(C)C)c1. The molecule has 128 valence electrons. The monoisotopic (exact) mass is 319 g/mol. The van der Waals surface area contributed by atoms with Gasteiger partial charge in [-0.1, -0.05) is 18.6 Å². The van der Waals surface area contributed by atoms with E-state index in [1.54, 1.807) is 11.9 Å². The zero-order chi connectivity index (χ0) is 17.0. The first-order chi connectivity index (χ1) is 10.9. The van der Waals surface area contributed by atoms with Crippen molar-refractivity contribution in [1.29, 1.82) is 0 Å². The average molecular weight is 319 g/mol. The van der Waals surface area contributed by atoms with Crippen LogP contribution in [0.3, 0.4) is 0 Å². The van der Waals surface area contributed by atoms with E-state index >= 15 is 0 Å². The third-order valence-electron chi connectivity index (χ3n) is 4.63. The molecule has 2 N–H and O–H groups in total. The molecule has 1 saturated carbocycles. The lowest BCUT2D eigenvalue weighted by Crippen LogP contribution is -2.41. The van der Waals surface area contributed by atoms with Crippen molar-refractivity contribution < 1.29 is 9.90 Å². The minimum atomic E-state index is -0.261. The van der Waals surface area contributed by atoms with Gasteiger partial charge in [0.2, 0.25) is 0 Å². The molecule has 2 rings (SSSR count). The Morgan fingerprint density at radius 3 is 2.65 bits per heavy atom. The standard InChI is InChI=1S/C18H29N3O2/c1-13-8-9-14(16(10-13)20(2)3)11-19-18(23)21(4)12-15-6-5-7-17(15)22/h8-10,15,17,22H,5-7,11-12H2,1-4H3,(H,19,23). The van der Waals surface area contributed by atoms with Gasteiger partial charge in [0.05, 0.1) is 6.10 Å². The lowest BCUT2D eigenvalue weighted by atomic mass is 10.1. The number of aliphatic hydroxyl groups is 1. The molecule has 5 heteroatoms. The van der Waals surface area contributed by atoms with E-state index in [0.717, 1.165) is 30.5 Å². The number of carbonyl (C=O) groups is 1. The van der Waals surface area contributed by atoms with Crippen molar-refractivity contribution in [2.45, 2.75) is 38.8 Å². The van der Waals surface area contributed by atoms with Gasteiger partial charge in [-0.05, 0) is 37.0 Å². The van der Waals surface area contributed by atoms with E-state index < -0.39 is 0 Å². The van der Waals surface area contributed by atoms with E-state index in [4.69, 9.17) is 0 Å². The molecule has 1 aromatic carbocycles. The number of benzene rings is 1. The number of hydrogen-bond donors (Lipinski definition) is 2. The molecule has 1 aromatic rings. The zero-order valence-corrected chi connectivity index (χ0v) is 14.7. The minimum absolute atomic E-state index is 0.0885. The van der Waals surface area contributed by atoms with Crippen LogP contribution in [-0.4, -0.2) is 49.8 Å². The van der Waals surface area contributed by atoms with Crippen LogP contribution in [-0.2, 0) is 6.54 Å². The van der Waals surface area contributed by atoms with Gasteiger partial charge in [-0.3, -0.25) is 0 Å². The second-order valence-electron chi connectivity index (χ2n) is 6.82. The lowest BCUT2D eigenvalue weighted by molar-refractivity contribution is 0.114. The van der Waals surface area contributed by atoms with Crippen molar-refractivity contribution >= 4 is 11.7 Å². The van der Waals surface area contributed by atoms with Gasteiger partial charge in [0.15, 0.2) is 0 Å². The van der Waals surface area contributed by atoms with Gasteiger partial charge in [0.25, 0.3) is 0 Å². The quantitative estimate of drug-likeness (QED) is 0.876. The molecule has 0 aliphatic heterocycles. The van der Waals surface area contributed by atoms with E-state index in [1.165, 1.54) is 5.56 Å². The first-order valence-electron chi connectivity index (χ1n) is 8.32. The van der Waals surface area contributed by atoms with Gasteiger partial charge in [-0.15, -0.1) is 0 Å². The maximum absolute atomic E-state index is 12.3. The number of nitrogens with one attached hydrogen (secondary N) is 1. The molecule has 2 amide bonds. The molecular weight excluding hydrogens is 290 g/mol. The van der Waals surface area contributed by atoms with Crippen LogP contribution in [0.5, 0.6) is 0 Å². The molecule has 0 radical (unpaired) electrons. The summed E-state index contributed by atoms with van der Waals surface area (Å²) in [5.41, 5.74) is 3.43. The fourth-order valence-corrected chi connectivity index (χ4v) is 3.21. The normalized spacial score (nSPS) is 20.4. The predicted octanol–water partition coefficient (Wildman–Crippen LogP) is 2.36. The number of aryl methyl sites for hydroxylation is 1. The first kappa shape index (κ1) is 17.6. The second kappa shape index (κ2) is 7.68. The number of hydrogen-bond acceptors (Lipinski definition) is 3. The Morgan fingerprint density at radius 1 is 1.30 bits per heavy atom. The topological polar surface area (TPSA) is 55.8 Å². The molecule has 0 aromatic heterocycles. The molecular formula is C18H29N3O2. The molecule has 0 spiro atoms. The van der Waals surface area contributed by atoms with Crippen LogP contribution in [0.15, 0.2) is 18.2 Å². The highest BCUT2D eigenvalue weighted by Crippen LogP contribution is 2.26. The summed E-state index contributed by atoms with van der Waals surface area (Å²) in [6.07, 6.45) is 2.65. The summed E-state index contributed by atoms with van der Waals surface area (Å²) in [4.78, 5) is 16.0. The third-order valence-corrected chi connectivity index (χ3v) is 4.63. The van der Waals surface area contributed by atoms with Crippen molar-refractivity contribution in [2.75, 3.05) is 32.6 Å². The molecule has 23 heavy (non-hydrogen) atoms. The number of anilines is 1. The van der Waals surface area contributed by atoms with Gasteiger partial charge in [0, 0.05) is 45.8 Å². The summed E-state index contributed by atoms with van der Waals surface area (Å²) in [5.74, 6) is 0.211. The van der Waals surface area contributed by atoms with Crippen LogP contribution in [0, 0.1) is 12.8 Å². The molecule has 2 unspecified atom stereocenters. The molecule has 1 fully saturated rings. The van der Waals surface area contributed by atoms with Crippen LogP contribution < -0.4 is 10.2 Å². The smallest absolute Gasteiger partial charge is 0.317 e. The summed E-state index contributed by atoms with van der Waals surface area (Å²) in [6, 6.07) is 6.16. The van der Waals surface area contributed by atoms with Crippen LogP contribution in [0.1, 0.15) is 30.4 Å². The van der Waals surface area contributed by atoms with Gasteiger partial charge >= 0.3 is 6.03 Å². The van der Waals surface area contributed by atoms with Crippen molar-refractivity contribution in [3.8, 4) is 0 Å². The first-order valence-corrected chi connectivity index (χ1v) is 8.32. The van der Waals surface area contributed by atoms with Crippen molar-refractivity contribution in [3.63, 3.8) is 0 Å². The Balaban J connectivity index is 1.91. The number of urea groups is 1. The Labute approximate surface area is 139 Å². The maximum Gasteiger partial charge on any atom is 0.317 e. The van der Waals surface area contributed by atoms with Crippen LogP contribution in [0.4, 0.5) is 10.5 Å². The number of carbonyl (C=O) groups excluding carboxylic acids is 1. The summed E-state index contributed by atoms with van der Waals surface area (Å²) in [7, 11) is 5.81. The molecule has 1 aliphatic carbocycles. The lowest BCUT2D eigenvalue weighted by Gasteiger charge is -2.24. The number of amides is 2. The van der Waals surface area contributed by atoms with E-state index in [2.05, 4.69) is 35.3 Å². The van der Waals surface area contributed by atoms with Crippen LogP contribution in [0.25, 0.3) is 0 Å². The van der Waals surface area contributed by atoms with Crippen LogP contribution >= 0.6 is 0 Å².